The first kappa shape index (κ1) is 10.2. The smallest absolute Gasteiger partial charge is 0.323 e. The molecule has 64 valence electrons. The number of methoxy groups -OCH3 is 1. The van der Waals surface area contributed by atoms with Crippen molar-refractivity contribution in [2.24, 2.45) is 5.73 Å². The number of hydrogen-bond acceptors (Lipinski definition) is 5. The fraction of sp³-hybridized carbons (Fsp3) is 0.600. The first-order valence-electron chi connectivity index (χ1n) is 2.86. The monoisotopic (exact) mass is 178 g/mol. The molecule has 3 N–H and O–H groups in total. The summed E-state index contributed by atoms with van der Waals surface area (Å²) in [4.78, 5) is 20.4. The minimum atomic E-state index is -0.683. The summed E-state index contributed by atoms with van der Waals surface area (Å²) >= 11 is 1.06. The summed E-state index contributed by atoms with van der Waals surface area (Å²) in [7, 11) is 1.26. The Labute approximate surface area is 68.8 Å². The lowest BCUT2D eigenvalue weighted by molar-refractivity contribution is -0.141. The van der Waals surface area contributed by atoms with Crippen LogP contribution in [0.1, 0.15) is 0 Å². The molecule has 1 amide bonds. The first-order chi connectivity index (χ1) is 5.22. The van der Waals surface area contributed by atoms with E-state index in [0.717, 1.165) is 11.9 Å². The average Bonchev–Trinajstić information content (AvgIpc) is 2.03. The fourth-order valence-corrected chi connectivity index (χ4v) is 0.871. The Morgan fingerprint density at radius 1 is 1.91 bits per heavy atom. The molecule has 11 heavy (non-hydrogen) atoms. The summed E-state index contributed by atoms with van der Waals surface area (Å²) in [6.07, 6.45) is 0.522. The second-order valence-corrected chi connectivity index (χ2v) is 2.53. The molecule has 5 nitrogen and oxygen atoms in total. The number of nitrogens with one attached hydrogen (secondary N) is 1. The molecule has 0 saturated heterocycles. The van der Waals surface area contributed by atoms with Crippen LogP contribution in [-0.2, 0) is 14.3 Å². The first-order valence-corrected chi connectivity index (χ1v) is 3.85. The molecule has 0 fully saturated rings. The second-order valence-electron chi connectivity index (χ2n) is 1.68. The van der Waals surface area contributed by atoms with Crippen LogP contribution in [0.5, 0.6) is 0 Å². The van der Waals surface area contributed by atoms with E-state index in [0.29, 0.717) is 12.2 Å². The summed E-state index contributed by atoms with van der Waals surface area (Å²) in [5, 5.41) is 0. The van der Waals surface area contributed by atoms with Crippen molar-refractivity contribution in [3.8, 4) is 0 Å². The second kappa shape index (κ2) is 5.99. The number of amides is 1. The molecule has 0 rings (SSSR count). The zero-order chi connectivity index (χ0) is 8.69. The quantitative estimate of drug-likeness (QED) is 0.241. The van der Waals surface area contributed by atoms with Crippen LogP contribution in [0.4, 0.5) is 0 Å². The Morgan fingerprint density at radius 2 is 2.55 bits per heavy atom. The van der Waals surface area contributed by atoms with E-state index in [1.165, 1.54) is 7.11 Å². The topological polar surface area (TPSA) is 81.4 Å². The SMILES string of the molecule is COC(=O)[C@@H](N)CSNC=O. The molecule has 0 spiro atoms. The van der Waals surface area contributed by atoms with E-state index in [9.17, 15) is 9.59 Å². The van der Waals surface area contributed by atoms with Crippen LogP contribution in [-0.4, -0.2) is 31.3 Å². The van der Waals surface area contributed by atoms with Gasteiger partial charge in [0, 0.05) is 5.75 Å². The number of hydrogen-bond donors (Lipinski definition) is 2. The summed E-state index contributed by atoms with van der Waals surface area (Å²) in [5.41, 5.74) is 5.32. The molecule has 0 aromatic heterocycles. The molecule has 0 aliphatic carbocycles. The van der Waals surface area contributed by atoms with Gasteiger partial charge in [-0.1, -0.05) is 0 Å². The third-order valence-electron chi connectivity index (χ3n) is 0.898. The predicted octanol–water partition coefficient (Wildman–Crippen LogP) is -1.12. The molecule has 0 unspecified atom stereocenters. The zero-order valence-corrected chi connectivity index (χ0v) is 6.89. The van der Waals surface area contributed by atoms with Crippen LogP contribution < -0.4 is 10.5 Å². The van der Waals surface area contributed by atoms with Crippen LogP contribution in [0.25, 0.3) is 0 Å². The standard InChI is InChI=1S/C5H10N2O3S/c1-10-5(9)4(6)2-11-7-3-8/h3-4H,2,6H2,1H3,(H,7,8)/t4-/m0/s1. The van der Waals surface area contributed by atoms with Crippen molar-refractivity contribution in [2.75, 3.05) is 12.9 Å². The predicted molar refractivity (Wildman–Crippen MR) is 41.6 cm³/mol. The lowest BCUT2D eigenvalue weighted by Gasteiger charge is -2.06. The van der Waals surface area contributed by atoms with Gasteiger partial charge in [0.05, 0.1) is 7.11 Å². The van der Waals surface area contributed by atoms with Crippen molar-refractivity contribution < 1.29 is 14.3 Å². The van der Waals surface area contributed by atoms with Crippen molar-refractivity contribution in [1.82, 2.24) is 4.72 Å². The number of esters is 1. The van der Waals surface area contributed by atoms with E-state index in [4.69, 9.17) is 5.73 Å². The number of carbonyl (C=O) groups is 2. The van der Waals surface area contributed by atoms with Gasteiger partial charge in [0.15, 0.2) is 0 Å². The van der Waals surface area contributed by atoms with Crippen LogP contribution in [0.15, 0.2) is 0 Å². The maximum Gasteiger partial charge on any atom is 0.323 e. The van der Waals surface area contributed by atoms with E-state index in [2.05, 4.69) is 9.46 Å². The average molecular weight is 178 g/mol. The molecule has 0 saturated carbocycles. The zero-order valence-electron chi connectivity index (χ0n) is 6.07. The van der Waals surface area contributed by atoms with Gasteiger partial charge in [-0.05, 0) is 11.9 Å². The van der Waals surface area contributed by atoms with Crippen LogP contribution in [0, 0.1) is 0 Å². The van der Waals surface area contributed by atoms with Crippen LogP contribution in [0.3, 0.4) is 0 Å². The maximum absolute atomic E-state index is 10.6. The van der Waals surface area contributed by atoms with E-state index < -0.39 is 12.0 Å². The van der Waals surface area contributed by atoms with Crippen molar-refractivity contribution >= 4 is 24.3 Å². The molecule has 0 heterocycles. The summed E-state index contributed by atoms with van der Waals surface area (Å²) in [5.74, 6) is -0.170. The lowest BCUT2D eigenvalue weighted by Crippen LogP contribution is -2.34. The lowest BCUT2D eigenvalue weighted by atomic mass is 10.4. The van der Waals surface area contributed by atoms with Crippen molar-refractivity contribution in [3.05, 3.63) is 0 Å². The van der Waals surface area contributed by atoms with Crippen molar-refractivity contribution in [2.45, 2.75) is 6.04 Å². The molecule has 0 aromatic carbocycles. The van der Waals surface area contributed by atoms with Gasteiger partial charge < -0.3 is 15.2 Å². The Morgan fingerprint density at radius 3 is 3.00 bits per heavy atom. The van der Waals surface area contributed by atoms with Gasteiger partial charge >= 0.3 is 5.97 Å². The Bertz CT molecular complexity index is 142. The molecule has 1 atom stereocenters. The Kier molecular flexibility index (Phi) is 5.58. The highest BCUT2D eigenvalue weighted by atomic mass is 32.2. The van der Waals surface area contributed by atoms with Gasteiger partial charge in [0.2, 0.25) is 6.41 Å². The largest absolute Gasteiger partial charge is 0.468 e. The van der Waals surface area contributed by atoms with Crippen LogP contribution >= 0.6 is 11.9 Å². The molecular formula is C5H10N2O3S. The molecule has 0 aliphatic heterocycles. The molecule has 0 aromatic rings. The van der Waals surface area contributed by atoms with E-state index >= 15 is 0 Å². The van der Waals surface area contributed by atoms with Gasteiger partial charge in [0.25, 0.3) is 0 Å². The van der Waals surface area contributed by atoms with E-state index in [1.807, 2.05) is 0 Å². The van der Waals surface area contributed by atoms with E-state index in [-0.39, 0.29) is 0 Å². The molecular weight excluding hydrogens is 168 g/mol. The Hall–Kier alpha value is -0.750. The molecule has 0 aliphatic rings. The van der Waals surface area contributed by atoms with Gasteiger partial charge in [-0.15, -0.1) is 0 Å². The highest BCUT2D eigenvalue weighted by molar-refractivity contribution is 7.97. The fourth-order valence-electron chi connectivity index (χ4n) is 0.391. The molecule has 6 heteroatoms. The van der Waals surface area contributed by atoms with Gasteiger partial charge in [-0.2, -0.15) is 0 Å². The summed E-state index contributed by atoms with van der Waals surface area (Å²) in [6, 6.07) is -0.683. The van der Waals surface area contributed by atoms with Crippen molar-refractivity contribution in [1.29, 1.82) is 0 Å². The maximum atomic E-state index is 10.6. The number of rotatable bonds is 5. The van der Waals surface area contributed by atoms with Crippen molar-refractivity contribution in [3.63, 3.8) is 0 Å². The summed E-state index contributed by atoms with van der Waals surface area (Å²) < 4.78 is 6.66. The van der Waals surface area contributed by atoms with Gasteiger partial charge in [-0.3, -0.25) is 9.59 Å². The molecule has 0 bridgehead atoms. The number of nitrogens with two attached hydrogens (primary N) is 1. The number of carbonyl (C=O) groups excluding carboxylic acids is 2. The normalized spacial score (nSPS) is 11.8. The molecule has 0 radical (unpaired) electrons. The van der Waals surface area contributed by atoms with Gasteiger partial charge in [0.1, 0.15) is 6.04 Å². The highest BCUT2D eigenvalue weighted by Crippen LogP contribution is 1.95. The Balaban J connectivity index is 3.43. The third-order valence-corrected chi connectivity index (χ3v) is 1.69. The summed E-state index contributed by atoms with van der Waals surface area (Å²) in [6.45, 7) is 0. The minimum Gasteiger partial charge on any atom is -0.468 e. The van der Waals surface area contributed by atoms with Crippen LogP contribution in [0.2, 0.25) is 0 Å². The third kappa shape index (κ3) is 4.63. The van der Waals surface area contributed by atoms with Gasteiger partial charge in [-0.25, -0.2) is 0 Å². The highest BCUT2D eigenvalue weighted by Gasteiger charge is 2.12. The number of ether oxygens (including phenoxy) is 1. The van der Waals surface area contributed by atoms with E-state index in [1.54, 1.807) is 0 Å². The minimum absolute atomic E-state index is 0.311.